The molecule has 0 atom stereocenters. The predicted octanol–water partition coefficient (Wildman–Crippen LogP) is 1.61. The van der Waals surface area contributed by atoms with Crippen molar-refractivity contribution in [2.24, 2.45) is 0 Å². The third-order valence-electron chi connectivity index (χ3n) is 2.07. The molecule has 0 bridgehead atoms. The second kappa shape index (κ2) is 5.92. The fraction of sp³-hybridized carbons (Fsp3) is 0.273. The Balaban J connectivity index is 2.76. The third kappa shape index (κ3) is 3.93. The van der Waals surface area contributed by atoms with Gasteiger partial charge in [-0.05, 0) is 24.6 Å². The minimum atomic E-state index is -3.54. The molecule has 0 fully saturated rings. The quantitative estimate of drug-likeness (QED) is 0.486. The zero-order valence-electron chi connectivity index (χ0n) is 9.11. The Bertz CT molecular complexity index is 535. The molecule has 0 saturated heterocycles. The lowest BCUT2D eigenvalue weighted by atomic mass is 10.3. The zero-order chi connectivity index (χ0) is 12.9. The summed E-state index contributed by atoms with van der Waals surface area (Å²) in [6, 6.07) is 4.18. The molecule has 0 aliphatic heterocycles. The molecule has 92 valence electrons. The molecule has 0 aliphatic carbocycles. The second-order valence-electron chi connectivity index (χ2n) is 3.39. The molecule has 0 heterocycles. The van der Waals surface area contributed by atoms with Crippen LogP contribution in [0.3, 0.4) is 0 Å². The first-order valence-electron chi connectivity index (χ1n) is 4.95. The summed E-state index contributed by atoms with van der Waals surface area (Å²) < 4.78 is 26.0. The van der Waals surface area contributed by atoms with Gasteiger partial charge in [0.05, 0.1) is 15.6 Å². The summed E-state index contributed by atoms with van der Waals surface area (Å²) in [5.74, 6) is 2.44. The lowest BCUT2D eigenvalue weighted by molar-refractivity contribution is 0.580. The van der Waals surface area contributed by atoms with E-state index in [1.54, 1.807) is 0 Å². The number of nitrogens with one attached hydrogen (secondary N) is 1. The summed E-state index contributed by atoms with van der Waals surface area (Å²) in [4.78, 5) is 0.0973. The average molecular weight is 273 g/mol. The number of sulfonamides is 1. The Labute approximate surface area is 106 Å². The van der Waals surface area contributed by atoms with E-state index in [-0.39, 0.29) is 10.6 Å². The maximum Gasteiger partial charge on any atom is 0.240 e. The van der Waals surface area contributed by atoms with Gasteiger partial charge in [0, 0.05) is 13.0 Å². The number of anilines is 1. The first kappa shape index (κ1) is 13.8. The highest BCUT2D eigenvalue weighted by atomic mass is 35.5. The van der Waals surface area contributed by atoms with Crippen LogP contribution in [0, 0.1) is 12.3 Å². The highest BCUT2D eigenvalue weighted by Crippen LogP contribution is 2.21. The van der Waals surface area contributed by atoms with Crippen molar-refractivity contribution in [3.05, 3.63) is 23.2 Å². The largest absolute Gasteiger partial charge is 0.397 e. The SMILES string of the molecule is C#CCCCNS(=O)(=O)c1ccc(Cl)c(N)c1. The molecular formula is C11H13ClN2O2S. The van der Waals surface area contributed by atoms with Crippen LogP contribution in [0.4, 0.5) is 5.69 Å². The van der Waals surface area contributed by atoms with E-state index in [4.69, 9.17) is 23.8 Å². The van der Waals surface area contributed by atoms with Gasteiger partial charge in [-0.1, -0.05) is 11.6 Å². The van der Waals surface area contributed by atoms with Gasteiger partial charge >= 0.3 is 0 Å². The summed E-state index contributed by atoms with van der Waals surface area (Å²) in [7, 11) is -3.54. The van der Waals surface area contributed by atoms with E-state index < -0.39 is 10.0 Å². The number of nitrogens with two attached hydrogens (primary N) is 1. The fourth-order valence-corrected chi connectivity index (χ4v) is 2.40. The highest BCUT2D eigenvalue weighted by Gasteiger charge is 2.14. The number of unbranched alkanes of at least 4 members (excludes halogenated alkanes) is 1. The van der Waals surface area contributed by atoms with Gasteiger partial charge in [0.1, 0.15) is 0 Å². The van der Waals surface area contributed by atoms with Gasteiger partial charge in [-0.15, -0.1) is 12.3 Å². The van der Waals surface area contributed by atoms with Crippen molar-refractivity contribution in [3.8, 4) is 12.3 Å². The van der Waals surface area contributed by atoms with Crippen LogP contribution in [-0.2, 0) is 10.0 Å². The molecule has 0 amide bonds. The van der Waals surface area contributed by atoms with E-state index in [9.17, 15) is 8.42 Å². The minimum absolute atomic E-state index is 0.0973. The van der Waals surface area contributed by atoms with Crippen molar-refractivity contribution in [2.75, 3.05) is 12.3 Å². The number of terminal acetylenes is 1. The Morgan fingerprint density at radius 2 is 2.18 bits per heavy atom. The van der Waals surface area contributed by atoms with Crippen molar-refractivity contribution < 1.29 is 8.42 Å². The normalized spacial score (nSPS) is 11.1. The Morgan fingerprint density at radius 1 is 1.47 bits per heavy atom. The van der Waals surface area contributed by atoms with Crippen LogP contribution in [0.15, 0.2) is 23.1 Å². The predicted molar refractivity (Wildman–Crippen MR) is 69.1 cm³/mol. The van der Waals surface area contributed by atoms with E-state index >= 15 is 0 Å². The molecule has 17 heavy (non-hydrogen) atoms. The topological polar surface area (TPSA) is 72.2 Å². The molecule has 0 aromatic heterocycles. The van der Waals surface area contributed by atoms with Crippen molar-refractivity contribution in [1.29, 1.82) is 0 Å². The highest BCUT2D eigenvalue weighted by molar-refractivity contribution is 7.89. The molecule has 1 rings (SSSR count). The first-order valence-corrected chi connectivity index (χ1v) is 6.81. The number of rotatable bonds is 5. The van der Waals surface area contributed by atoms with Crippen LogP contribution in [0.5, 0.6) is 0 Å². The maximum atomic E-state index is 11.8. The number of halogens is 1. The molecule has 6 heteroatoms. The molecule has 1 aromatic carbocycles. The Kier molecular flexibility index (Phi) is 4.82. The molecular weight excluding hydrogens is 260 g/mol. The monoisotopic (exact) mass is 272 g/mol. The number of hydrogen-bond donors (Lipinski definition) is 2. The lowest BCUT2D eigenvalue weighted by Gasteiger charge is -2.07. The molecule has 0 radical (unpaired) electrons. The number of hydrogen-bond acceptors (Lipinski definition) is 3. The van der Waals surface area contributed by atoms with Crippen molar-refractivity contribution >= 4 is 27.3 Å². The van der Waals surface area contributed by atoms with Crippen molar-refractivity contribution in [1.82, 2.24) is 4.72 Å². The zero-order valence-corrected chi connectivity index (χ0v) is 10.7. The van der Waals surface area contributed by atoms with Crippen LogP contribution in [0.1, 0.15) is 12.8 Å². The smallest absolute Gasteiger partial charge is 0.240 e. The molecule has 0 aliphatic rings. The van der Waals surface area contributed by atoms with E-state index in [1.165, 1.54) is 18.2 Å². The summed E-state index contributed by atoms with van der Waals surface area (Å²) in [6.07, 6.45) is 6.20. The summed E-state index contributed by atoms with van der Waals surface area (Å²) in [6.45, 7) is 0.301. The van der Waals surface area contributed by atoms with Gasteiger partial charge in [-0.25, -0.2) is 13.1 Å². The number of benzene rings is 1. The van der Waals surface area contributed by atoms with Gasteiger partial charge in [0.15, 0.2) is 0 Å². The molecule has 4 nitrogen and oxygen atoms in total. The van der Waals surface area contributed by atoms with E-state index in [1.807, 2.05) is 0 Å². The third-order valence-corrected chi connectivity index (χ3v) is 3.87. The average Bonchev–Trinajstić information content (AvgIpc) is 2.28. The molecule has 3 N–H and O–H groups in total. The van der Waals surface area contributed by atoms with Crippen LogP contribution in [0.25, 0.3) is 0 Å². The molecule has 0 saturated carbocycles. The van der Waals surface area contributed by atoms with E-state index in [0.29, 0.717) is 24.4 Å². The van der Waals surface area contributed by atoms with Gasteiger partial charge in [-0.3, -0.25) is 0 Å². The van der Waals surface area contributed by atoms with E-state index in [2.05, 4.69) is 10.6 Å². The lowest BCUT2D eigenvalue weighted by Crippen LogP contribution is -2.24. The first-order chi connectivity index (χ1) is 7.97. The summed E-state index contributed by atoms with van der Waals surface area (Å²) in [5.41, 5.74) is 5.78. The number of nitrogen functional groups attached to an aromatic ring is 1. The van der Waals surface area contributed by atoms with Crippen molar-refractivity contribution in [2.45, 2.75) is 17.7 Å². The fourth-order valence-electron chi connectivity index (χ4n) is 1.17. The Morgan fingerprint density at radius 3 is 2.76 bits per heavy atom. The van der Waals surface area contributed by atoms with Gasteiger partial charge in [0.2, 0.25) is 10.0 Å². The van der Waals surface area contributed by atoms with E-state index in [0.717, 1.165) is 0 Å². The van der Waals surface area contributed by atoms with Crippen LogP contribution in [0.2, 0.25) is 5.02 Å². The molecule has 0 spiro atoms. The van der Waals surface area contributed by atoms with Crippen LogP contribution >= 0.6 is 11.6 Å². The maximum absolute atomic E-state index is 11.8. The molecule has 0 unspecified atom stereocenters. The molecule has 1 aromatic rings. The standard InChI is InChI=1S/C11H13ClN2O2S/c1-2-3-4-7-14-17(15,16)9-5-6-10(12)11(13)8-9/h1,5-6,8,14H,3-4,7,13H2. The van der Waals surface area contributed by atoms with Crippen LogP contribution in [-0.4, -0.2) is 15.0 Å². The summed E-state index contributed by atoms with van der Waals surface area (Å²) >= 11 is 5.71. The minimum Gasteiger partial charge on any atom is -0.397 e. The van der Waals surface area contributed by atoms with Gasteiger partial charge in [-0.2, -0.15) is 0 Å². The van der Waals surface area contributed by atoms with Crippen molar-refractivity contribution in [3.63, 3.8) is 0 Å². The Hall–Kier alpha value is -1.22. The van der Waals surface area contributed by atoms with Crippen LogP contribution < -0.4 is 10.5 Å². The summed E-state index contributed by atoms with van der Waals surface area (Å²) in [5, 5.41) is 0.330. The van der Waals surface area contributed by atoms with Gasteiger partial charge in [0.25, 0.3) is 0 Å². The second-order valence-corrected chi connectivity index (χ2v) is 5.56. The van der Waals surface area contributed by atoms with Gasteiger partial charge < -0.3 is 5.73 Å².